The van der Waals surface area contributed by atoms with E-state index >= 15 is 0 Å². The standard InChI is InChI=1S/C18H28N2O2/c1-3-7-17(21)19-14-18(10-12-22-13-11-18)20-15(2)16-8-5-4-6-9-16/h4-6,8-9,15,20H,3,7,10-14H2,1-2H3,(H,19,21)/t15-/m0/s1. The van der Waals surface area contributed by atoms with Gasteiger partial charge in [-0.1, -0.05) is 37.3 Å². The molecule has 0 spiro atoms. The van der Waals surface area contributed by atoms with Crippen LogP contribution in [0.15, 0.2) is 30.3 Å². The molecule has 1 heterocycles. The van der Waals surface area contributed by atoms with Crippen molar-refractivity contribution in [1.29, 1.82) is 0 Å². The predicted molar refractivity (Wildman–Crippen MR) is 88.7 cm³/mol. The zero-order chi connectivity index (χ0) is 15.8. The summed E-state index contributed by atoms with van der Waals surface area (Å²) in [5.41, 5.74) is 1.20. The zero-order valence-corrected chi connectivity index (χ0v) is 13.7. The van der Waals surface area contributed by atoms with Crippen LogP contribution < -0.4 is 10.6 Å². The molecule has 0 aromatic heterocycles. The molecule has 1 amide bonds. The molecule has 1 aromatic rings. The Labute approximate surface area is 133 Å². The molecule has 1 atom stereocenters. The third kappa shape index (κ3) is 4.82. The molecular weight excluding hydrogens is 276 g/mol. The van der Waals surface area contributed by atoms with E-state index in [1.807, 2.05) is 13.0 Å². The smallest absolute Gasteiger partial charge is 0.220 e. The SMILES string of the molecule is CCCC(=O)NCC1(N[C@@H](C)c2ccccc2)CCOCC1. The second-order valence-electron chi connectivity index (χ2n) is 6.20. The van der Waals surface area contributed by atoms with Gasteiger partial charge in [-0.05, 0) is 31.7 Å². The number of hydrogen-bond donors (Lipinski definition) is 2. The minimum atomic E-state index is -0.0725. The van der Waals surface area contributed by atoms with E-state index < -0.39 is 0 Å². The molecule has 0 saturated carbocycles. The second-order valence-corrected chi connectivity index (χ2v) is 6.20. The summed E-state index contributed by atoms with van der Waals surface area (Å²) in [4.78, 5) is 11.8. The van der Waals surface area contributed by atoms with E-state index in [9.17, 15) is 4.79 Å². The highest BCUT2D eigenvalue weighted by Crippen LogP contribution is 2.25. The Morgan fingerprint density at radius 2 is 1.95 bits per heavy atom. The molecule has 1 aromatic carbocycles. The fourth-order valence-electron chi connectivity index (χ4n) is 3.00. The van der Waals surface area contributed by atoms with Crippen LogP contribution in [-0.4, -0.2) is 31.2 Å². The van der Waals surface area contributed by atoms with Crippen LogP contribution in [0.25, 0.3) is 0 Å². The van der Waals surface area contributed by atoms with E-state index in [1.54, 1.807) is 0 Å². The molecule has 0 unspecified atom stereocenters. The number of hydrogen-bond acceptors (Lipinski definition) is 3. The molecule has 122 valence electrons. The van der Waals surface area contributed by atoms with Gasteiger partial charge in [0, 0.05) is 37.8 Å². The number of amides is 1. The summed E-state index contributed by atoms with van der Waals surface area (Å²) in [7, 11) is 0. The van der Waals surface area contributed by atoms with E-state index in [1.165, 1.54) is 5.56 Å². The lowest BCUT2D eigenvalue weighted by Gasteiger charge is -2.40. The van der Waals surface area contributed by atoms with E-state index in [0.717, 1.165) is 32.5 Å². The largest absolute Gasteiger partial charge is 0.381 e. The fraction of sp³-hybridized carbons (Fsp3) is 0.611. The van der Waals surface area contributed by atoms with Gasteiger partial charge in [0.15, 0.2) is 0 Å². The highest BCUT2D eigenvalue weighted by Gasteiger charge is 2.34. The van der Waals surface area contributed by atoms with E-state index in [-0.39, 0.29) is 17.5 Å². The number of ether oxygens (including phenoxy) is 1. The van der Waals surface area contributed by atoms with E-state index in [0.29, 0.717) is 13.0 Å². The summed E-state index contributed by atoms with van der Waals surface area (Å²) in [5.74, 6) is 0.141. The van der Waals surface area contributed by atoms with Crippen molar-refractivity contribution in [3.8, 4) is 0 Å². The monoisotopic (exact) mass is 304 g/mol. The van der Waals surface area contributed by atoms with E-state index in [4.69, 9.17) is 4.74 Å². The lowest BCUT2D eigenvalue weighted by Crippen LogP contribution is -2.57. The maximum absolute atomic E-state index is 11.8. The maximum atomic E-state index is 11.8. The normalized spacial score (nSPS) is 18.6. The van der Waals surface area contributed by atoms with Crippen LogP contribution >= 0.6 is 0 Å². The summed E-state index contributed by atoms with van der Waals surface area (Å²) in [6.45, 7) is 6.38. The van der Waals surface area contributed by atoms with Crippen LogP contribution in [-0.2, 0) is 9.53 Å². The average Bonchev–Trinajstić information content (AvgIpc) is 2.55. The van der Waals surface area contributed by atoms with Crippen LogP contribution in [0.4, 0.5) is 0 Å². The van der Waals surface area contributed by atoms with Gasteiger partial charge in [-0.25, -0.2) is 0 Å². The van der Waals surface area contributed by atoms with Crippen LogP contribution in [0.3, 0.4) is 0 Å². The Hall–Kier alpha value is -1.39. The predicted octanol–water partition coefficient (Wildman–Crippen LogP) is 2.80. The first kappa shape index (κ1) is 17.0. The van der Waals surface area contributed by atoms with Crippen molar-refractivity contribution in [2.75, 3.05) is 19.8 Å². The Kier molecular flexibility index (Phi) is 6.40. The Balaban J connectivity index is 2.00. The van der Waals surface area contributed by atoms with Crippen LogP contribution in [0.1, 0.15) is 51.1 Å². The molecule has 1 aliphatic rings. The van der Waals surface area contributed by atoms with Gasteiger partial charge >= 0.3 is 0 Å². The molecule has 2 N–H and O–H groups in total. The first-order valence-electron chi connectivity index (χ1n) is 8.32. The topological polar surface area (TPSA) is 50.4 Å². The van der Waals surface area contributed by atoms with Crippen molar-refractivity contribution in [2.24, 2.45) is 0 Å². The number of carbonyl (C=O) groups excluding carboxylic acids is 1. The first-order chi connectivity index (χ1) is 10.7. The quantitative estimate of drug-likeness (QED) is 0.814. The average molecular weight is 304 g/mol. The molecule has 0 bridgehead atoms. The third-order valence-electron chi connectivity index (χ3n) is 4.37. The number of nitrogens with one attached hydrogen (secondary N) is 2. The highest BCUT2D eigenvalue weighted by atomic mass is 16.5. The van der Waals surface area contributed by atoms with Crippen molar-refractivity contribution in [1.82, 2.24) is 10.6 Å². The van der Waals surface area contributed by atoms with Crippen LogP contribution in [0.5, 0.6) is 0 Å². The summed E-state index contributed by atoms with van der Waals surface area (Å²) in [6.07, 6.45) is 3.34. The van der Waals surface area contributed by atoms with Crippen molar-refractivity contribution in [2.45, 2.75) is 51.1 Å². The lowest BCUT2D eigenvalue weighted by atomic mass is 9.88. The second kappa shape index (κ2) is 8.30. The van der Waals surface area contributed by atoms with Gasteiger partial charge < -0.3 is 15.4 Å². The molecule has 4 nitrogen and oxygen atoms in total. The molecule has 1 fully saturated rings. The molecule has 1 aliphatic heterocycles. The lowest BCUT2D eigenvalue weighted by molar-refractivity contribution is -0.121. The van der Waals surface area contributed by atoms with Gasteiger partial charge in [-0.15, -0.1) is 0 Å². The number of rotatable bonds is 7. The first-order valence-corrected chi connectivity index (χ1v) is 8.32. The summed E-state index contributed by atoms with van der Waals surface area (Å²) < 4.78 is 5.51. The number of carbonyl (C=O) groups is 1. The van der Waals surface area contributed by atoms with Crippen molar-refractivity contribution < 1.29 is 9.53 Å². The van der Waals surface area contributed by atoms with Crippen LogP contribution in [0, 0.1) is 0 Å². The minimum Gasteiger partial charge on any atom is -0.381 e. The van der Waals surface area contributed by atoms with Gasteiger partial charge in [-0.2, -0.15) is 0 Å². The van der Waals surface area contributed by atoms with Crippen molar-refractivity contribution in [3.63, 3.8) is 0 Å². The van der Waals surface area contributed by atoms with Gasteiger partial charge in [0.1, 0.15) is 0 Å². The highest BCUT2D eigenvalue weighted by molar-refractivity contribution is 5.75. The Morgan fingerprint density at radius 1 is 1.27 bits per heavy atom. The zero-order valence-electron chi connectivity index (χ0n) is 13.7. The molecule has 0 aliphatic carbocycles. The van der Waals surface area contributed by atoms with Crippen LogP contribution in [0.2, 0.25) is 0 Å². The van der Waals surface area contributed by atoms with Crippen molar-refractivity contribution >= 4 is 5.91 Å². The molecular formula is C18H28N2O2. The van der Waals surface area contributed by atoms with Gasteiger partial charge in [0.05, 0.1) is 0 Å². The maximum Gasteiger partial charge on any atom is 0.220 e. The Morgan fingerprint density at radius 3 is 2.59 bits per heavy atom. The molecule has 0 radical (unpaired) electrons. The summed E-state index contributed by atoms with van der Waals surface area (Å²) >= 11 is 0. The van der Waals surface area contributed by atoms with E-state index in [2.05, 4.69) is 41.8 Å². The third-order valence-corrected chi connectivity index (χ3v) is 4.37. The molecule has 2 rings (SSSR count). The van der Waals surface area contributed by atoms with Gasteiger partial charge in [0.25, 0.3) is 0 Å². The fourth-order valence-corrected chi connectivity index (χ4v) is 3.00. The van der Waals surface area contributed by atoms with Crippen molar-refractivity contribution in [3.05, 3.63) is 35.9 Å². The molecule has 22 heavy (non-hydrogen) atoms. The van der Waals surface area contributed by atoms with Gasteiger partial charge in [0.2, 0.25) is 5.91 Å². The molecule has 4 heteroatoms. The van der Waals surface area contributed by atoms with Gasteiger partial charge in [-0.3, -0.25) is 4.79 Å². The minimum absolute atomic E-state index is 0.0725. The Bertz CT molecular complexity index is 455. The summed E-state index contributed by atoms with van der Waals surface area (Å²) in [5, 5.41) is 6.85. The molecule has 1 saturated heterocycles. The number of benzene rings is 1. The summed E-state index contributed by atoms with van der Waals surface area (Å²) in [6, 6.07) is 10.7.